The van der Waals surface area contributed by atoms with Gasteiger partial charge in [-0.05, 0) is 48.4 Å². The standard InChI is InChI=1S/C24H27N3O3/c1-28-20-7-3-18(4-8-20)14-26-12-11-24(16-26)17-27-22(13-25-23(27)15-30-24)19-5-9-21(29-2)10-6-19/h3-10,13H,11-12,14-17H2,1-2H3/t24-/m0/s1. The summed E-state index contributed by atoms with van der Waals surface area (Å²) < 4.78 is 19.3. The summed E-state index contributed by atoms with van der Waals surface area (Å²) in [4.78, 5) is 7.10. The molecule has 5 rings (SSSR count). The molecule has 6 nitrogen and oxygen atoms in total. The van der Waals surface area contributed by atoms with E-state index in [1.807, 2.05) is 30.5 Å². The van der Waals surface area contributed by atoms with Gasteiger partial charge in [-0.2, -0.15) is 0 Å². The Morgan fingerprint density at radius 3 is 2.37 bits per heavy atom. The van der Waals surface area contributed by atoms with Crippen LogP contribution in [-0.2, 0) is 24.4 Å². The molecule has 0 aliphatic carbocycles. The minimum absolute atomic E-state index is 0.151. The van der Waals surface area contributed by atoms with Crippen molar-refractivity contribution in [1.29, 1.82) is 0 Å². The van der Waals surface area contributed by atoms with E-state index >= 15 is 0 Å². The molecule has 0 N–H and O–H groups in total. The predicted octanol–water partition coefficient (Wildman–Crippen LogP) is 3.74. The van der Waals surface area contributed by atoms with Crippen LogP contribution in [0.4, 0.5) is 0 Å². The first-order valence-electron chi connectivity index (χ1n) is 10.4. The molecule has 0 radical (unpaired) electrons. The Morgan fingerprint density at radius 1 is 0.967 bits per heavy atom. The fraction of sp³-hybridized carbons (Fsp3) is 0.375. The Bertz CT molecular complexity index is 1010. The third-order valence-electron chi connectivity index (χ3n) is 6.24. The molecule has 1 atom stereocenters. The number of likely N-dealkylation sites (tertiary alicyclic amines) is 1. The summed E-state index contributed by atoms with van der Waals surface area (Å²) in [5.41, 5.74) is 3.44. The van der Waals surface area contributed by atoms with Crippen molar-refractivity contribution in [2.75, 3.05) is 27.3 Å². The fourth-order valence-corrected chi connectivity index (χ4v) is 4.55. The molecule has 2 aliphatic heterocycles. The maximum absolute atomic E-state index is 6.38. The molecule has 30 heavy (non-hydrogen) atoms. The largest absolute Gasteiger partial charge is 0.497 e. The molecule has 3 aromatic rings. The van der Waals surface area contributed by atoms with Gasteiger partial charge in [0.05, 0.1) is 32.7 Å². The molecule has 0 amide bonds. The van der Waals surface area contributed by atoms with Crippen LogP contribution in [0.3, 0.4) is 0 Å². The molecule has 1 saturated heterocycles. The van der Waals surface area contributed by atoms with Gasteiger partial charge < -0.3 is 18.8 Å². The van der Waals surface area contributed by atoms with Gasteiger partial charge in [0.2, 0.25) is 0 Å². The van der Waals surface area contributed by atoms with Crippen LogP contribution in [0.25, 0.3) is 11.3 Å². The van der Waals surface area contributed by atoms with Crippen LogP contribution < -0.4 is 9.47 Å². The Kier molecular flexibility index (Phi) is 4.97. The minimum atomic E-state index is -0.151. The van der Waals surface area contributed by atoms with Crippen molar-refractivity contribution in [2.45, 2.75) is 31.7 Å². The van der Waals surface area contributed by atoms with Crippen LogP contribution in [0.15, 0.2) is 54.7 Å². The molecule has 1 aromatic heterocycles. The maximum Gasteiger partial charge on any atom is 0.135 e. The average molecular weight is 405 g/mol. The highest BCUT2D eigenvalue weighted by Crippen LogP contribution is 2.36. The van der Waals surface area contributed by atoms with Gasteiger partial charge in [-0.3, -0.25) is 4.90 Å². The summed E-state index contributed by atoms with van der Waals surface area (Å²) in [5, 5.41) is 0. The van der Waals surface area contributed by atoms with Crippen LogP contribution in [0.5, 0.6) is 11.5 Å². The molecule has 2 aliphatic rings. The topological polar surface area (TPSA) is 48.8 Å². The third kappa shape index (κ3) is 3.57. The highest BCUT2D eigenvalue weighted by atomic mass is 16.5. The zero-order valence-electron chi connectivity index (χ0n) is 17.5. The van der Waals surface area contributed by atoms with Gasteiger partial charge in [0.15, 0.2) is 0 Å². The van der Waals surface area contributed by atoms with Crippen molar-refractivity contribution in [3.63, 3.8) is 0 Å². The van der Waals surface area contributed by atoms with Gasteiger partial charge >= 0.3 is 0 Å². The van der Waals surface area contributed by atoms with E-state index in [4.69, 9.17) is 14.2 Å². The van der Waals surface area contributed by atoms with Crippen molar-refractivity contribution in [3.8, 4) is 22.8 Å². The normalized spacial score (nSPS) is 21.0. The minimum Gasteiger partial charge on any atom is -0.497 e. The van der Waals surface area contributed by atoms with Crippen LogP contribution in [0.2, 0.25) is 0 Å². The Hall–Kier alpha value is -2.83. The lowest BCUT2D eigenvalue weighted by atomic mass is 10.0. The number of nitrogens with zero attached hydrogens (tertiary/aromatic N) is 3. The summed E-state index contributed by atoms with van der Waals surface area (Å²) in [6, 6.07) is 16.5. The van der Waals surface area contributed by atoms with Gasteiger partial charge in [0, 0.05) is 25.2 Å². The average Bonchev–Trinajstić information content (AvgIpc) is 3.38. The van der Waals surface area contributed by atoms with E-state index in [1.54, 1.807) is 14.2 Å². The quantitative estimate of drug-likeness (QED) is 0.647. The zero-order valence-corrected chi connectivity index (χ0v) is 17.5. The molecular weight excluding hydrogens is 378 g/mol. The summed E-state index contributed by atoms with van der Waals surface area (Å²) >= 11 is 0. The summed E-state index contributed by atoms with van der Waals surface area (Å²) in [7, 11) is 3.39. The molecular formula is C24H27N3O3. The van der Waals surface area contributed by atoms with Crippen molar-refractivity contribution in [1.82, 2.24) is 14.5 Å². The number of aromatic nitrogens is 2. The second-order valence-electron chi connectivity index (χ2n) is 8.15. The van der Waals surface area contributed by atoms with Crippen LogP contribution >= 0.6 is 0 Å². The van der Waals surface area contributed by atoms with Crippen molar-refractivity contribution < 1.29 is 14.2 Å². The Morgan fingerprint density at radius 2 is 1.67 bits per heavy atom. The monoisotopic (exact) mass is 405 g/mol. The van der Waals surface area contributed by atoms with Gasteiger partial charge in [-0.15, -0.1) is 0 Å². The molecule has 0 bridgehead atoms. The zero-order chi connectivity index (χ0) is 20.6. The molecule has 3 heterocycles. The van der Waals surface area contributed by atoms with Crippen molar-refractivity contribution in [3.05, 3.63) is 66.1 Å². The molecule has 156 valence electrons. The van der Waals surface area contributed by atoms with E-state index in [2.05, 4.69) is 38.7 Å². The molecule has 0 unspecified atom stereocenters. The number of benzene rings is 2. The van der Waals surface area contributed by atoms with Gasteiger partial charge in [-0.25, -0.2) is 4.98 Å². The molecule has 6 heteroatoms. The van der Waals surface area contributed by atoms with E-state index in [0.717, 1.165) is 61.2 Å². The number of hydrogen-bond acceptors (Lipinski definition) is 5. The van der Waals surface area contributed by atoms with Gasteiger partial charge in [-0.1, -0.05) is 12.1 Å². The lowest BCUT2D eigenvalue weighted by Gasteiger charge is -2.35. The first kappa shape index (κ1) is 19.2. The third-order valence-corrected chi connectivity index (χ3v) is 6.24. The van der Waals surface area contributed by atoms with Crippen LogP contribution in [0, 0.1) is 0 Å². The van der Waals surface area contributed by atoms with E-state index < -0.39 is 0 Å². The van der Waals surface area contributed by atoms with E-state index in [0.29, 0.717) is 6.61 Å². The lowest BCUT2D eigenvalue weighted by Crippen LogP contribution is -2.44. The summed E-state index contributed by atoms with van der Waals surface area (Å²) in [5.74, 6) is 2.76. The first-order chi connectivity index (χ1) is 14.7. The molecule has 1 spiro atoms. The number of imidazole rings is 1. The Labute approximate surface area is 177 Å². The Balaban J connectivity index is 1.32. The smallest absolute Gasteiger partial charge is 0.135 e. The fourth-order valence-electron chi connectivity index (χ4n) is 4.55. The summed E-state index contributed by atoms with van der Waals surface area (Å²) in [6.07, 6.45) is 2.99. The lowest BCUT2D eigenvalue weighted by molar-refractivity contribution is -0.0821. The van der Waals surface area contributed by atoms with E-state index in [1.165, 1.54) is 5.56 Å². The van der Waals surface area contributed by atoms with Gasteiger partial charge in [0.1, 0.15) is 29.5 Å². The number of ether oxygens (including phenoxy) is 3. The van der Waals surface area contributed by atoms with E-state index in [9.17, 15) is 0 Å². The van der Waals surface area contributed by atoms with Crippen LogP contribution in [0.1, 0.15) is 17.8 Å². The molecule has 1 fully saturated rings. The SMILES string of the molecule is COc1ccc(CN2CC[C@]3(C2)Cn2c(-c4ccc(OC)cc4)cnc2CO3)cc1. The van der Waals surface area contributed by atoms with Gasteiger partial charge in [0.25, 0.3) is 0 Å². The van der Waals surface area contributed by atoms with Crippen molar-refractivity contribution in [2.24, 2.45) is 0 Å². The van der Waals surface area contributed by atoms with E-state index in [-0.39, 0.29) is 5.60 Å². The second kappa shape index (κ2) is 7.78. The molecule has 2 aromatic carbocycles. The van der Waals surface area contributed by atoms with Crippen molar-refractivity contribution >= 4 is 0 Å². The number of fused-ring (bicyclic) bond motifs is 1. The number of methoxy groups -OCH3 is 2. The first-order valence-corrected chi connectivity index (χ1v) is 10.4. The summed E-state index contributed by atoms with van der Waals surface area (Å²) in [6.45, 7) is 4.29. The van der Waals surface area contributed by atoms with Crippen LogP contribution in [-0.4, -0.2) is 47.4 Å². The number of rotatable bonds is 5. The highest BCUT2D eigenvalue weighted by Gasteiger charge is 2.43. The maximum atomic E-state index is 6.38. The number of hydrogen-bond donors (Lipinski definition) is 0. The molecule has 0 saturated carbocycles. The predicted molar refractivity (Wildman–Crippen MR) is 115 cm³/mol. The second-order valence-corrected chi connectivity index (χ2v) is 8.15. The highest BCUT2D eigenvalue weighted by molar-refractivity contribution is 5.60.